The Morgan fingerprint density at radius 2 is 1.72 bits per heavy atom. The molecule has 0 aromatic heterocycles. The highest BCUT2D eigenvalue weighted by Crippen LogP contribution is 2.40. The Kier molecular flexibility index (Phi) is 7.81. The molecule has 1 saturated heterocycles. The number of nitro groups is 1. The van der Waals surface area contributed by atoms with Gasteiger partial charge in [-0.15, -0.1) is 11.8 Å². The molecule has 0 spiro atoms. The zero-order valence-corrected chi connectivity index (χ0v) is 19.4. The van der Waals surface area contributed by atoms with E-state index in [4.69, 9.17) is 14.2 Å². The topological polar surface area (TPSA) is 94.4 Å². The van der Waals surface area contributed by atoms with E-state index >= 15 is 0 Å². The Bertz CT molecular complexity index is 992. The first-order chi connectivity index (χ1) is 15.4. The van der Waals surface area contributed by atoms with Crippen molar-refractivity contribution in [2.24, 2.45) is 0 Å². The number of rotatable bonds is 8. The van der Waals surface area contributed by atoms with E-state index in [1.807, 2.05) is 12.1 Å². The minimum absolute atomic E-state index is 0.0393. The number of thioether (sulfide) groups is 1. The van der Waals surface area contributed by atoms with Crippen molar-refractivity contribution < 1.29 is 23.9 Å². The third-order valence-electron chi connectivity index (χ3n) is 5.46. The Morgan fingerprint density at radius 3 is 2.28 bits per heavy atom. The predicted molar refractivity (Wildman–Crippen MR) is 122 cm³/mol. The van der Waals surface area contributed by atoms with Crippen LogP contribution in [0.1, 0.15) is 15.9 Å². The molecule has 0 saturated carbocycles. The van der Waals surface area contributed by atoms with Crippen molar-refractivity contribution >= 4 is 23.4 Å². The maximum absolute atomic E-state index is 12.9. The van der Waals surface area contributed by atoms with Crippen molar-refractivity contribution in [3.8, 4) is 17.2 Å². The van der Waals surface area contributed by atoms with Crippen LogP contribution in [0, 0.1) is 10.1 Å². The van der Waals surface area contributed by atoms with Crippen LogP contribution in [-0.4, -0.2) is 74.4 Å². The minimum atomic E-state index is -0.447. The molecule has 0 unspecified atom stereocenters. The lowest BCUT2D eigenvalue weighted by Gasteiger charge is -2.35. The molecule has 1 heterocycles. The fraction of sp³-hybridized carbons (Fsp3) is 0.409. The van der Waals surface area contributed by atoms with Crippen molar-refractivity contribution in [2.45, 2.75) is 11.4 Å². The molecule has 0 aliphatic carbocycles. The zero-order chi connectivity index (χ0) is 23.3. The van der Waals surface area contributed by atoms with Crippen molar-refractivity contribution in [1.82, 2.24) is 9.80 Å². The van der Waals surface area contributed by atoms with Crippen LogP contribution in [0.3, 0.4) is 0 Å². The second-order valence-electron chi connectivity index (χ2n) is 7.21. The zero-order valence-electron chi connectivity index (χ0n) is 18.6. The minimum Gasteiger partial charge on any atom is -0.493 e. The molecule has 1 aliphatic heterocycles. The summed E-state index contributed by atoms with van der Waals surface area (Å²) in [5.41, 5.74) is 1.26. The molecule has 2 aromatic rings. The Labute approximate surface area is 191 Å². The average Bonchev–Trinajstić information content (AvgIpc) is 2.83. The van der Waals surface area contributed by atoms with Crippen molar-refractivity contribution in [3.63, 3.8) is 0 Å². The predicted octanol–water partition coefficient (Wildman–Crippen LogP) is 3.30. The normalized spacial score (nSPS) is 14.2. The number of amides is 1. The van der Waals surface area contributed by atoms with Crippen molar-refractivity contribution in [3.05, 3.63) is 51.6 Å². The van der Waals surface area contributed by atoms with Crippen molar-refractivity contribution in [2.75, 3.05) is 53.8 Å². The summed E-state index contributed by atoms with van der Waals surface area (Å²) < 4.78 is 16.4. The van der Waals surface area contributed by atoms with E-state index in [2.05, 4.69) is 4.90 Å². The molecule has 0 atom stereocenters. The number of carbonyl (C=O) groups is 1. The monoisotopic (exact) mass is 461 g/mol. The highest BCUT2D eigenvalue weighted by Gasteiger charge is 2.26. The highest BCUT2D eigenvalue weighted by molar-refractivity contribution is 7.98. The first kappa shape index (κ1) is 23.7. The molecular formula is C22H27N3O6S. The lowest BCUT2D eigenvalue weighted by atomic mass is 10.1. The summed E-state index contributed by atoms with van der Waals surface area (Å²) in [6.45, 7) is 3.06. The van der Waals surface area contributed by atoms with Crippen LogP contribution in [0.25, 0.3) is 0 Å². The number of hydrogen-bond acceptors (Lipinski definition) is 8. The first-order valence-corrected chi connectivity index (χ1v) is 11.3. The third kappa shape index (κ3) is 4.91. The number of nitrogens with zero attached hydrogens (tertiary/aromatic N) is 3. The second-order valence-corrected chi connectivity index (χ2v) is 8.05. The van der Waals surface area contributed by atoms with E-state index in [1.54, 1.807) is 44.6 Å². The number of carbonyl (C=O) groups excluding carboxylic acids is 1. The van der Waals surface area contributed by atoms with Gasteiger partial charge in [-0.05, 0) is 24.5 Å². The number of ether oxygens (including phenoxy) is 3. The van der Waals surface area contributed by atoms with E-state index in [1.165, 1.54) is 17.8 Å². The molecule has 0 N–H and O–H groups in total. The molecule has 2 aromatic carbocycles. The summed E-state index contributed by atoms with van der Waals surface area (Å²) in [7, 11) is 4.75. The van der Waals surface area contributed by atoms with Gasteiger partial charge in [-0.2, -0.15) is 0 Å². The van der Waals surface area contributed by atoms with Gasteiger partial charge in [-0.25, -0.2) is 0 Å². The van der Waals surface area contributed by atoms with Gasteiger partial charge in [0, 0.05) is 49.9 Å². The van der Waals surface area contributed by atoms with Gasteiger partial charge in [0.15, 0.2) is 11.5 Å². The SMILES string of the molecule is COc1ccc(CN2CCN(C(=O)c3ccc(SC)c([N+](=O)[O-])c3)CC2)c(OC)c1OC. The van der Waals surface area contributed by atoms with Crippen LogP contribution in [0.15, 0.2) is 35.2 Å². The molecule has 1 amide bonds. The number of nitro benzene ring substituents is 1. The fourth-order valence-electron chi connectivity index (χ4n) is 3.79. The molecular weight excluding hydrogens is 434 g/mol. The summed E-state index contributed by atoms with van der Waals surface area (Å²) in [6.07, 6.45) is 1.77. The Balaban J connectivity index is 1.68. The maximum Gasteiger partial charge on any atom is 0.283 e. The maximum atomic E-state index is 12.9. The summed E-state index contributed by atoms with van der Waals surface area (Å²) in [4.78, 5) is 28.3. The van der Waals surface area contributed by atoms with Gasteiger partial charge in [0.05, 0.1) is 31.1 Å². The number of methoxy groups -OCH3 is 3. The van der Waals surface area contributed by atoms with Gasteiger partial charge in [0.25, 0.3) is 11.6 Å². The molecule has 1 fully saturated rings. The molecule has 1 aliphatic rings. The smallest absolute Gasteiger partial charge is 0.283 e. The largest absolute Gasteiger partial charge is 0.493 e. The summed E-state index contributed by atoms with van der Waals surface area (Å²) in [5.74, 6) is 1.59. The van der Waals surface area contributed by atoms with Crippen LogP contribution in [0.5, 0.6) is 17.2 Å². The molecule has 10 heteroatoms. The standard InChI is InChI=1S/C22H27N3O6S/c1-29-18-7-5-16(20(30-2)21(18)31-3)14-23-9-11-24(12-10-23)22(26)15-6-8-19(32-4)17(13-15)25(27)28/h5-8,13H,9-12,14H2,1-4H3. The molecule has 9 nitrogen and oxygen atoms in total. The van der Waals surface area contributed by atoms with Crippen LogP contribution in [0.4, 0.5) is 5.69 Å². The lowest BCUT2D eigenvalue weighted by Crippen LogP contribution is -2.48. The van der Waals surface area contributed by atoms with Gasteiger partial charge in [0.1, 0.15) is 0 Å². The number of benzene rings is 2. The van der Waals surface area contributed by atoms with Crippen LogP contribution < -0.4 is 14.2 Å². The number of hydrogen-bond donors (Lipinski definition) is 0. The molecule has 0 bridgehead atoms. The molecule has 32 heavy (non-hydrogen) atoms. The van der Waals surface area contributed by atoms with Gasteiger partial charge in [-0.1, -0.05) is 6.07 Å². The lowest BCUT2D eigenvalue weighted by molar-refractivity contribution is -0.387. The van der Waals surface area contributed by atoms with Crippen LogP contribution in [0.2, 0.25) is 0 Å². The molecule has 0 radical (unpaired) electrons. The van der Waals surface area contributed by atoms with Crippen molar-refractivity contribution in [1.29, 1.82) is 0 Å². The summed E-state index contributed by atoms with van der Waals surface area (Å²) in [6, 6.07) is 8.46. The Morgan fingerprint density at radius 1 is 1.03 bits per heavy atom. The van der Waals surface area contributed by atoms with Crippen LogP contribution >= 0.6 is 11.8 Å². The van der Waals surface area contributed by atoms with E-state index in [-0.39, 0.29) is 11.6 Å². The second kappa shape index (κ2) is 10.6. The van der Waals surface area contributed by atoms with E-state index in [0.29, 0.717) is 60.4 Å². The van der Waals surface area contributed by atoms with Gasteiger partial charge in [-0.3, -0.25) is 19.8 Å². The number of piperazine rings is 1. The quantitative estimate of drug-likeness (QED) is 0.336. The van der Waals surface area contributed by atoms with Gasteiger partial charge < -0.3 is 19.1 Å². The van der Waals surface area contributed by atoms with E-state index in [9.17, 15) is 14.9 Å². The van der Waals surface area contributed by atoms with Crippen LogP contribution in [-0.2, 0) is 6.54 Å². The van der Waals surface area contributed by atoms with Gasteiger partial charge in [0.2, 0.25) is 5.75 Å². The summed E-state index contributed by atoms with van der Waals surface area (Å²) >= 11 is 1.29. The molecule has 3 rings (SSSR count). The van der Waals surface area contributed by atoms with Gasteiger partial charge >= 0.3 is 0 Å². The molecule has 172 valence electrons. The summed E-state index contributed by atoms with van der Waals surface area (Å²) in [5, 5.41) is 11.3. The highest BCUT2D eigenvalue weighted by atomic mass is 32.2. The third-order valence-corrected chi connectivity index (χ3v) is 6.25. The Hall–Kier alpha value is -2.98. The van der Waals surface area contributed by atoms with E-state index < -0.39 is 4.92 Å². The average molecular weight is 462 g/mol. The van der Waals surface area contributed by atoms with E-state index in [0.717, 1.165) is 5.56 Å². The first-order valence-electron chi connectivity index (χ1n) is 10.0. The fourth-order valence-corrected chi connectivity index (χ4v) is 4.33.